The molecule has 1 saturated carbocycles. The third kappa shape index (κ3) is 7.72. The van der Waals surface area contributed by atoms with Gasteiger partial charge in [0, 0.05) is 37.3 Å². The average molecular weight is 440 g/mol. The van der Waals surface area contributed by atoms with Crippen molar-refractivity contribution in [1.82, 2.24) is 15.5 Å². The van der Waals surface area contributed by atoms with Gasteiger partial charge in [0.25, 0.3) is 0 Å². The summed E-state index contributed by atoms with van der Waals surface area (Å²) in [5.74, 6) is 0.772. The van der Waals surface area contributed by atoms with Gasteiger partial charge in [-0.3, -0.25) is 9.69 Å². The van der Waals surface area contributed by atoms with Crippen LogP contribution in [-0.2, 0) is 11.3 Å². The molecule has 3 rings (SSSR count). The van der Waals surface area contributed by atoms with E-state index in [0.29, 0.717) is 38.6 Å². The second kappa shape index (κ2) is 10.8. The summed E-state index contributed by atoms with van der Waals surface area (Å²) in [5, 5.41) is 9.41. The van der Waals surface area contributed by atoms with Crippen molar-refractivity contribution in [3.8, 4) is 0 Å². The number of carbonyl (C=O) groups is 1. The van der Waals surface area contributed by atoms with Gasteiger partial charge in [-0.05, 0) is 43.9 Å². The van der Waals surface area contributed by atoms with E-state index in [2.05, 4.69) is 20.9 Å². The maximum absolute atomic E-state index is 12.6. The maximum atomic E-state index is 12.6. The van der Waals surface area contributed by atoms with Crippen molar-refractivity contribution in [2.45, 2.75) is 57.8 Å². The summed E-state index contributed by atoms with van der Waals surface area (Å²) >= 11 is 0. The Morgan fingerprint density at radius 1 is 1.23 bits per heavy atom. The van der Waals surface area contributed by atoms with Gasteiger partial charge < -0.3 is 16.0 Å². The molecule has 1 aliphatic carbocycles. The smallest absolute Gasteiger partial charge is 0.357 e. The fraction of sp³-hybridized carbons (Fsp3) is 0.636. The fourth-order valence-electron chi connectivity index (χ4n) is 4.21. The van der Waals surface area contributed by atoms with Crippen LogP contribution in [0.4, 0.5) is 18.9 Å². The van der Waals surface area contributed by atoms with E-state index in [9.17, 15) is 18.0 Å². The van der Waals surface area contributed by atoms with E-state index in [4.69, 9.17) is 0 Å². The zero-order chi connectivity index (χ0) is 22.3. The Kier molecular flexibility index (Phi) is 8.17. The molecular formula is C22H32F3N5O. The Morgan fingerprint density at radius 2 is 2.00 bits per heavy atom. The molecule has 1 saturated heterocycles. The van der Waals surface area contributed by atoms with Crippen molar-refractivity contribution in [3.05, 3.63) is 29.8 Å². The maximum Gasteiger partial charge on any atom is 0.401 e. The average Bonchev–Trinajstić information content (AvgIpc) is 3.38. The lowest BCUT2D eigenvalue weighted by molar-refractivity contribution is -0.143. The van der Waals surface area contributed by atoms with Crippen molar-refractivity contribution in [2.75, 3.05) is 31.5 Å². The molecule has 1 heterocycles. The Bertz CT molecular complexity index is 762. The summed E-state index contributed by atoms with van der Waals surface area (Å²) in [5.41, 5.74) is 1.72. The standard InChI is InChI=1S/C22H32F3N5O/c1-2-26-21(29-19-10-11-30(14-19)15-22(23,24)25)27-13-16-6-5-9-18(12-16)28-20(31)17-7-3-4-8-17/h5-6,9,12,17,19H,2-4,7-8,10-11,13-15H2,1H3,(H,28,31)(H2,26,27,29). The third-order valence-corrected chi connectivity index (χ3v) is 5.70. The number of guanidine groups is 1. The molecule has 6 nitrogen and oxygen atoms in total. The summed E-state index contributed by atoms with van der Waals surface area (Å²) in [4.78, 5) is 18.4. The number of benzene rings is 1. The van der Waals surface area contributed by atoms with Crippen LogP contribution in [0.3, 0.4) is 0 Å². The zero-order valence-corrected chi connectivity index (χ0v) is 18.0. The third-order valence-electron chi connectivity index (χ3n) is 5.70. The van der Waals surface area contributed by atoms with Crippen molar-refractivity contribution >= 4 is 17.6 Å². The number of hydrogen-bond acceptors (Lipinski definition) is 3. The molecule has 2 fully saturated rings. The highest BCUT2D eigenvalue weighted by Crippen LogP contribution is 2.26. The zero-order valence-electron chi connectivity index (χ0n) is 18.0. The molecule has 0 bridgehead atoms. The summed E-state index contributed by atoms with van der Waals surface area (Å²) in [7, 11) is 0. The number of hydrogen-bond donors (Lipinski definition) is 3. The summed E-state index contributed by atoms with van der Waals surface area (Å²) in [6, 6.07) is 7.55. The van der Waals surface area contributed by atoms with E-state index in [0.717, 1.165) is 36.9 Å². The number of anilines is 1. The molecule has 31 heavy (non-hydrogen) atoms. The minimum Gasteiger partial charge on any atom is -0.357 e. The van der Waals surface area contributed by atoms with Crippen LogP contribution in [0.1, 0.15) is 44.6 Å². The van der Waals surface area contributed by atoms with Crippen LogP contribution >= 0.6 is 0 Å². The lowest BCUT2D eigenvalue weighted by Gasteiger charge is -2.19. The lowest BCUT2D eigenvalue weighted by Crippen LogP contribution is -2.45. The first-order valence-electron chi connectivity index (χ1n) is 11.1. The highest BCUT2D eigenvalue weighted by atomic mass is 19.4. The van der Waals surface area contributed by atoms with Gasteiger partial charge in [0.15, 0.2) is 5.96 Å². The summed E-state index contributed by atoms with van der Waals surface area (Å²) in [6.45, 7) is 2.88. The predicted molar refractivity (Wildman–Crippen MR) is 116 cm³/mol. The number of carbonyl (C=O) groups excluding carboxylic acids is 1. The molecule has 0 aromatic heterocycles. The van der Waals surface area contributed by atoms with Crippen molar-refractivity contribution in [1.29, 1.82) is 0 Å². The quantitative estimate of drug-likeness (QED) is 0.449. The van der Waals surface area contributed by atoms with E-state index < -0.39 is 12.7 Å². The fourth-order valence-corrected chi connectivity index (χ4v) is 4.21. The molecule has 172 valence electrons. The van der Waals surface area contributed by atoms with Gasteiger partial charge in [0.05, 0.1) is 13.1 Å². The second-order valence-corrected chi connectivity index (χ2v) is 8.35. The number of likely N-dealkylation sites (tertiary alicyclic amines) is 1. The summed E-state index contributed by atoms with van der Waals surface area (Å²) < 4.78 is 37.8. The Morgan fingerprint density at radius 3 is 2.71 bits per heavy atom. The van der Waals surface area contributed by atoms with Crippen LogP contribution < -0.4 is 16.0 Å². The molecule has 9 heteroatoms. The molecule has 3 N–H and O–H groups in total. The van der Waals surface area contributed by atoms with E-state index in [1.165, 1.54) is 4.90 Å². The van der Waals surface area contributed by atoms with Crippen LogP contribution in [0, 0.1) is 5.92 Å². The lowest BCUT2D eigenvalue weighted by atomic mass is 10.1. The first-order chi connectivity index (χ1) is 14.8. The topological polar surface area (TPSA) is 68.8 Å². The number of nitrogens with one attached hydrogen (secondary N) is 3. The molecule has 2 aliphatic rings. The number of rotatable bonds is 7. The monoisotopic (exact) mass is 439 g/mol. The number of nitrogens with zero attached hydrogens (tertiary/aromatic N) is 2. The van der Waals surface area contributed by atoms with E-state index >= 15 is 0 Å². The molecule has 1 amide bonds. The number of halogens is 3. The van der Waals surface area contributed by atoms with E-state index in [1.54, 1.807) is 0 Å². The van der Waals surface area contributed by atoms with Crippen molar-refractivity contribution in [2.24, 2.45) is 10.9 Å². The Balaban J connectivity index is 1.54. The van der Waals surface area contributed by atoms with E-state index in [-0.39, 0.29) is 17.9 Å². The minimum absolute atomic E-state index is 0.0721. The Hall–Kier alpha value is -2.29. The first kappa shape index (κ1) is 23.4. The molecule has 1 unspecified atom stereocenters. The number of amides is 1. The summed E-state index contributed by atoms with van der Waals surface area (Å²) in [6.07, 6.45) is 0.600. The van der Waals surface area contributed by atoms with Gasteiger partial charge in [-0.2, -0.15) is 13.2 Å². The van der Waals surface area contributed by atoms with Crippen LogP contribution in [0.5, 0.6) is 0 Å². The number of aliphatic imine (C=N–C) groups is 1. The highest BCUT2D eigenvalue weighted by Gasteiger charge is 2.34. The molecular weight excluding hydrogens is 407 g/mol. The molecule has 0 spiro atoms. The number of alkyl halides is 3. The van der Waals surface area contributed by atoms with Crippen LogP contribution in [-0.4, -0.2) is 55.2 Å². The van der Waals surface area contributed by atoms with Crippen LogP contribution in [0.15, 0.2) is 29.3 Å². The van der Waals surface area contributed by atoms with Gasteiger partial charge in [-0.15, -0.1) is 0 Å². The minimum atomic E-state index is -4.17. The van der Waals surface area contributed by atoms with Gasteiger partial charge >= 0.3 is 6.18 Å². The van der Waals surface area contributed by atoms with Gasteiger partial charge in [0.1, 0.15) is 0 Å². The molecule has 1 atom stereocenters. The van der Waals surface area contributed by atoms with E-state index in [1.807, 2.05) is 31.2 Å². The SMILES string of the molecule is CCNC(=NCc1cccc(NC(=O)C2CCCC2)c1)NC1CCN(CC(F)(F)F)C1. The van der Waals surface area contributed by atoms with Gasteiger partial charge in [-0.1, -0.05) is 25.0 Å². The van der Waals surface area contributed by atoms with Crippen LogP contribution in [0.2, 0.25) is 0 Å². The largest absolute Gasteiger partial charge is 0.401 e. The first-order valence-corrected chi connectivity index (χ1v) is 11.1. The predicted octanol–water partition coefficient (Wildman–Crippen LogP) is 3.51. The molecule has 1 aliphatic heterocycles. The van der Waals surface area contributed by atoms with Crippen molar-refractivity contribution in [3.63, 3.8) is 0 Å². The van der Waals surface area contributed by atoms with Gasteiger partial charge in [0.2, 0.25) is 5.91 Å². The normalized spacial score (nSPS) is 20.8. The van der Waals surface area contributed by atoms with Crippen molar-refractivity contribution < 1.29 is 18.0 Å². The van der Waals surface area contributed by atoms with Crippen LogP contribution in [0.25, 0.3) is 0 Å². The second-order valence-electron chi connectivity index (χ2n) is 8.35. The van der Waals surface area contributed by atoms with Gasteiger partial charge in [-0.25, -0.2) is 4.99 Å². The Labute approximate surface area is 181 Å². The molecule has 1 aromatic rings. The highest BCUT2D eigenvalue weighted by molar-refractivity contribution is 5.92. The molecule has 1 aromatic carbocycles. The molecule has 0 radical (unpaired) electrons.